The van der Waals surface area contributed by atoms with Crippen LogP contribution in [-0.2, 0) is 27.8 Å². The lowest BCUT2D eigenvalue weighted by molar-refractivity contribution is -0.0563. The Morgan fingerprint density at radius 1 is 1.16 bits per heavy atom. The molecule has 6 atom stereocenters. The van der Waals surface area contributed by atoms with Crippen LogP contribution >= 0.6 is 11.6 Å². The van der Waals surface area contributed by atoms with Crippen LogP contribution in [0.5, 0.6) is 5.75 Å². The minimum atomic E-state index is -4.02. The molecule has 0 bridgehead atoms. The predicted octanol–water partition coefficient (Wildman–Crippen LogP) is 7.62. The fourth-order valence-corrected chi connectivity index (χ4v) is 9.16. The van der Waals surface area contributed by atoms with Gasteiger partial charge in [-0.15, -0.1) is 6.58 Å². The second kappa shape index (κ2) is 17.4. The van der Waals surface area contributed by atoms with Crippen LogP contribution in [0, 0.1) is 17.8 Å². The first-order chi connectivity index (χ1) is 23.6. The van der Waals surface area contributed by atoms with E-state index >= 15 is 0 Å². The molecule has 0 radical (unpaired) electrons. The predicted molar refractivity (Wildman–Crippen MR) is 197 cm³/mol. The third-order valence-electron chi connectivity index (χ3n) is 10.5. The van der Waals surface area contributed by atoms with Gasteiger partial charge in [-0.3, -0.25) is 4.79 Å². The first-order valence-corrected chi connectivity index (χ1v) is 19.9. The lowest BCUT2D eigenvalue weighted by atomic mass is 9.70. The highest BCUT2D eigenvalue weighted by molar-refractivity contribution is 7.90. The van der Waals surface area contributed by atoms with E-state index < -0.39 is 27.3 Å². The Kier molecular flexibility index (Phi) is 13.3. The number of carbonyl (C=O) groups excluding carboxylic acids is 1. The number of aliphatic hydroxyl groups is 1. The SMILES string of the molecule is C=CC[C@H](C)[C@@H](C[C@@H]1CCO1)S(=O)(=O)NC(=O)c1ccc2c(c1)N(C[C@@H]1CC[C@H]1[C@@H](O)/C=C/CCC)CCCCc1cc(Cl)ccc1CO2. The number of amides is 1. The van der Waals surface area contributed by atoms with E-state index in [9.17, 15) is 18.3 Å². The van der Waals surface area contributed by atoms with Gasteiger partial charge in [0.2, 0.25) is 10.0 Å². The van der Waals surface area contributed by atoms with Crippen molar-refractivity contribution < 1.29 is 27.8 Å². The number of ether oxygens (including phenoxy) is 2. The quantitative estimate of drug-likeness (QED) is 0.194. The van der Waals surface area contributed by atoms with Crippen molar-refractivity contribution in [1.29, 1.82) is 0 Å². The Morgan fingerprint density at radius 2 is 1.98 bits per heavy atom. The van der Waals surface area contributed by atoms with Crippen molar-refractivity contribution >= 4 is 33.2 Å². The zero-order chi connectivity index (χ0) is 35.0. The number of fused-ring (bicyclic) bond motifs is 2. The standard InChI is InChI=1S/C39H53ClN2O6S/c1-4-6-7-12-36(43)34-17-14-30(34)25-42-20-9-8-11-28-22-32(40)16-13-31(28)26-48-37-18-15-29(23-35(37)42)39(44)41-49(45,46)38(27(3)10-5-2)24-33-19-21-47-33/h5,7,12-13,15-16,18,22-23,27,30,33-34,36,38,43H,2,4,6,8-11,14,17,19-21,24-26H2,1,3H3,(H,41,44)/b12-7+/t27-,30-,33-,34+,36-,38+/m0/s1. The summed E-state index contributed by atoms with van der Waals surface area (Å²) in [4.78, 5) is 16.0. The smallest absolute Gasteiger partial charge is 0.264 e. The molecular formula is C39H53ClN2O6S. The highest BCUT2D eigenvalue weighted by Gasteiger charge is 2.38. The molecule has 1 amide bonds. The number of rotatable bonds is 14. The first kappa shape index (κ1) is 37.4. The summed E-state index contributed by atoms with van der Waals surface area (Å²) in [6.07, 6.45) is 13.4. The van der Waals surface area contributed by atoms with Gasteiger partial charge in [-0.2, -0.15) is 0 Å². The largest absolute Gasteiger partial charge is 0.487 e. The van der Waals surface area contributed by atoms with Crippen molar-refractivity contribution in [2.75, 3.05) is 24.6 Å². The molecule has 268 valence electrons. The van der Waals surface area contributed by atoms with Crippen molar-refractivity contribution in [3.8, 4) is 5.75 Å². The van der Waals surface area contributed by atoms with Crippen LogP contribution in [0.2, 0.25) is 5.02 Å². The Hall–Kier alpha value is -2.85. The number of nitrogens with one attached hydrogen (secondary N) is 1. The molecule has 2 aromatic carbocycles. The number of hydrogen-bond acceptors (Lipinski definition) is 7. The van der Waals surface area contributed by atoms with E-state index in [0.29, 0.717) is 43.4 Å². The number of unbranched alkanes of at least 4 members (excludes halogenated alkanes) is 1. The molecule has 8 nitrogen and oxygen atoms in total. The van der Waals surface area contributed by atoms with Gasteiger partial charge < -0.3 is 19.5 Å². The molecule has 2 aromatic rings. The van der Waals surface area contributed by atoms with Gasteiger partial charge in [0.15, 0.2) is 0 Å². The van der Waals surface area contributed by atoms with Gasteiger partial charge in [-0.05, 0) is 117 Å². The average Bonchev–Trinajstić information content (AvgIpc) is 3.05. The molecule has 1 aliphatic carbocycles. The minimum Gasteiger partial charge on any atom is -0.487 e. The summed E-state index contributed by atoms with van der Waals surface area (Å²) >= 11 is 6.35. The van der Waals surface area contributed by atoms with Crippen molar-refractivity contribution in [3.63, 3.8) is 0 Å². The first-order valence-electron chi connectivity index (χ1n) is 18.0. The van der Waals surface area contributed by atoms with Gasteiger partial charge >= 0.3 is 0 Å². The van der Waals surface area contributed by atoms with Crippen molar-refractivity contribution in [2.45, 2.75) is 102 Å². The second-order valence-corrected chi connectivity index (χ2v) is 16.4. The van der Waals surface area contributed by atoms with Crippen LogP contribution in [-0.4, -0.2) is 56.6 Å². The van der Waals surface area contributed by atoms with Crippen molar-refractivity contribution in [3.05, 3.63) is 82.9 Å². The summed E-state index contributed by atoms with van der Waals surface area (Å²) in [7, 11) is -4.02. The summed E-state index contributed by atoms with van der Waals surface area (Å²) in [6.45, 7) is 10.2. The van der Waals surface area contributed by atoms with E-state index in [1.165, 1.54) is 0 Å². The Labute approximate surface area is 298 Å². The number of anilines is 1. The summed E-state index contributed by atoms with van der Waals surface area (Å²) in [5.74, 6) is 0.159. The summed E-state index contributed by atoms with van der Waals surface area (Å²) in [6, 6.07) is 11.1. The Bertz CT molecular complexity index is 1580. The third kappa shape index (κ3) is 9.69. The normalized spacial score (nSPS) is 23.0. The molecule has 0 unspecified atom stereocenters. The van der Waals surface area contributed by atoms with E-state index in [-0.39, 0.29) is 29.4 Å². The number of halogens is 1. The summed E-state index contributed by atoms with van der Waals surface area (Å²) in [5, 5.41) is 10.9. The highest BCUT2D eigenvalue weighted by atomic mass is 35.5. The lowest BCUT2D eigenvalue weighted by Crippen LogP contribution is -2.45. The number of nitrogens with zero attached hydrogens (tertiary/aromatic N) is 1. The number of benzene rings is 2. The van der Waals surface area contributed by atoms with E-state index in [4.69, 9.17) is 21.1 Å². The van der Waals surface area contributed by atoms with Crippen molar-refractivity contribution in [1.82, 2.24) is 4.72 Å². The van der Waals surface area contributed by atoms with Crippen LogP contribution in [0.15, 0.2) is 61.2 Å². The van der Waals surface area contributed by atoms with E-state index in [2.05, 4.69) is 29.2 Å². The fourth-order valence-electron chi connectivity index (χ4n) is 7.25. The molecule has 5 rings (SSSR count). The van der Waals surface area contributed by atoms with Gasteiger partial charge in [0.05, 0.1) is 23.1 Å². The summed E-state index contributed by atoms with van der Waals surface area (Å²) < 4.78 is 41.9. The lowest BCUT2D eigenvalue weighted by Gasteiger charge is -2.42. The molecule has 2 fully saturated rings. The topological polar surface area (TPSA) is 105 Å². The molecule has 0 aromatic heterocycles. The number of allylic oxidation sites excluding steroid dienone is 2. The van der Waals surface area contributed by atoms with Crippen LogP contribution in [0.3, 0.4) is 0 Å². The molecule has 10 heteroatoms. The molecule has 2 heterocycles. The molecule has 49 heavy (non-hydrogen) atoms. The molecular weight excluding hydrogens is 660 g/mol. The maximum atomic E-state index is 13.7. The average molecular weight is 713 g/mol. The van der Waals surface area contributed by atoms with Gasteiger partial charge in [0.25, 0.3) is 5.91 Å². The van der Waals surface area contributed by atoms with E-state index in [0.717, 1.165) is 74.7 Å². The van der Waals surface area contributed by atoms with Crippen LogP contribution in [0.4, 0.5) is 5.69 Å². The van der Waals surface area contributed by atoms with Gasteiger partial charge in [0.1, 0.15) is 12.4 Å². The minimum absolute atomic E-state index is 0.125. The third-order valence-corrected chi connectivity index (χ3v) is 12.7. The maximum Gasteiger partial charge on any atom is 0.264 e. The Morgan fingerprint density at radius 3 is 2.67 bits per heavy atom. The number of aryl methyl sites for hydroxylation is 1. The molecule has 1 saturated carbocycles. The van der Waals surface area contributed by atoms with Crippen LogP contribution in [0.1, 0.15) is 93.1 Å². The van der Waals surface area contributed by atoms with Gasteiger partial charge in [0, 0.05) is 30.3 Å². The van der Waals surface area contributed by atoms with Crippen LogP contribution in [0.25, 0.3) is 0 Å². The molecule has 0 spiro atoms. The number of sulfonamides is 1. The van der Waals surface area contributed by atoms with Crippen LogP contribution < -0.4 is 14.4 Å². The van der Waals surface area contributed by atoms with Gasteiger partial charge in [-0.25, -0.2) is 13.1 Å². The van der Waals surface area contributed by atoms with Crippen molar-refractivity contribution in [2.24, 2.45) is 17.8 Å². The van der Waals surface area contributed by atoms with E-state index in [1.54, 1.807) is 24.3 Å². The molecule has 1 saturated heterocycles. The van der Waals surface area contributed by atoms with E-state index in [1.807, 2.05) is 31.2 Å². The number of hydrogen-bond donors (Lipinski definition) is 2. The molecule has 2 N–H and O–H groups in total. The zero-order valence-corrected chi connectivity index (χ0v) is 30.6. The molecule has 2 aliphatic heterocycles. The summed E-state index contributed by atoms with van der Waals surface area (Å²) in [5.41, 5.74) is 3.23. The maximum absolute atomic E-state index is 13.7. The number of aliphatic hydroxyl groups excluding tert-OH is 1. The Balaban J connectivity index is 1.42. The zero-order valence-electron chi connectivity index (χ0n) is 29.0. The fraction of sp³-hybridized carbons (Fsp3) is 0.564. The monoisotopic (exact) mass is 712 g/mol. The molecule has 3 aliphatic rings. The number of carbonyl (C=O) groups is 1. The highest BCUT2D eigenvalue weighted by Crippen LogP contribution is 2.41. The second-order valence-electron chi connectivity index (χ2n) is 14.0. The van der Waals surface area contributed by atoms with Gasteiger partial charge in [-0.1, -0.05) is 56.2 Å².